The SMILES string of the molecule is O=C(COc1ccccc1)OCc1nnc(-c2ccc(Br)s2)o1. The molecule has 3 rings (SSSR count). The van der Waals surface area contributed by atoms with E-state index in [1.807, 2.05) is 30.3 Å². The van der Waals surface area contributed by atoms with Crippen molar-refractivity contribution in [2.75, 3.05) is 6.61 Å². The zero-order chi connectivity index (χ0) is 16.1. The van der Waals surface area contributed by atoms with E-state index >= 15 is 0 Å². The highest BCUT2D eigenvalue weighted by Crippen LogP contribution is 2.30. The van der Waals surface area contributed by atoms with Crippen molar-refractivity contribution in [2.45, 2.75) is 6.61 Å². The van der Waals surface area contributed by atoms with Gasteiger partial charge in [-0.05, 0) is 40.2 Å². The molecular weight excluding hydrogens is 384 g/mol. The van der Waals surface area contributed by atoms with E-state index in [1.165, 1.54) is 11.3 Å². The maximum Gasteiger partial charge on any atom is 0.344 e. The van der Waals surface area contributed by atoms with Gasteiger partial charge in [-0.25, -0.2) is 4.79 Å². The van der Waals surface area contributed by atoms with Gasteiger partial charge < -0.3 is 13.9 Å². The Hall–Kier alpha value is -2.19. The van der Waals surface area contributed by atoms with Crippen LogP contribution in [0.25, 0.3) is 10.8 Å². The zero-order valence-electron chi connectivity index (χ0n) is 11.8. The van der Waals surface area contributed by atoms with Crippen molar-refractivity contribution >= 4 is 33.2 Å². The first-order valence-corrected chi connectivity index (χ1v) is 8.23. The molecule has 6 nitrogen and oxygen atoms in total. The molecule has 0 atom stereocenters. The van der Waals surface area contributed by atoms with Gasteiger partial charge in [0, 0.05) is 0 Å². The first kappa shape index (κ1) is 15.7. The second-order valence-electron chi connectivity index (χ2n) is 4.37. The van der Waals surface area contributed by atoms with Crippen LogP contribution in [0, 0.1) is 0 Å². The summed E-state index contributed by atoms with van der Waals surface area (Å²) in [4.78, 5) is 12.5. The average Bonchev–Trinajstić information content (AvgIpc) is 3.20. The highest BCUT2D eigenvalue weighted by molar-refractivity contribution is 9.11. The number of benzene rings is 1. The molecule has 0 radical (unpaired) electrons. The molecule has 2 aromatic heterocycles. The minimum atomic E-state index is -0.507. The number of carbonyl (C=O) groups is 1. The lowest BCUT2D eigenvalue weighted by atomic mass is 10.3. The van der Waals surface area contributed by atoms with Gasteiger partial charge in [0.2, 0.25) is 0 Å². The molecule has 3 aromatic rings. The molecule has 118 valence electrons. The quantitative estimate of drug-likeness (QED) is 0.593. The number of hydrogen-bond acceptors (Lipinski definition) is 7. The number of halogens is 1. The molecule has 0 aliphatic carbocycles. The topological polar surface area (TPSA) is 74.5 Å². The van der Waals surface area contributed by atoms with Crippen molar-refractivity contribution < 1.29 is 18.7 Å². The maximum atomic E-state index is 11.6. The Morgan fingerprint density at radius 1 is 1.17 bits per heavy atom. The molecule has 2 heterocycles. The summed E-state index contributed by atoms with van der Waals surface area (Å²) in [7, 11) is 0. The van der Waals surface area contributed by atoms with Gasteiger partial charge in [0.05, 0.1) is 8.66 Å². The summed E-state index contributed by atoms with van der Waals surface area (Å²) in [6.45, 7) is -0.264. The average molecular weight is 395 g/mol. The molecular formula is C15H11BrN2O4S. The first-order chi connectivity index (χ1) is 11.2. The van der Waals surface area contributed by atoms with Gasteiger partial charge in [0.25, 0.3) is 11.8 Å². The number of rotatable bonds is 6. The fourth-order valence-electron chi connectivity index (χ4n) is 1.68. The predicted molar refractivity (Wildman–Crippen MR) is 87.0 cm³/mol. The summed E-state index contributed by atoms with van der Waals surface area (Å²) in [6.07, 6.45) is 0. The third-order valence-electron chi connectivity index (χ3n) is 2.71. The van der Waals surface area contributed by atoms with Gasteiger partial charge in [-0.15, -0.1) is 21.5 Å². The van der Waals surface area contributed by atoms with Crippen LogP contribution in [0.1, 0.15) is 5.89 Å². The van der Waals surface area contributed by atoms with Crippen molar-refractivity contribution in [1.82, 2.24) is 10.2 Å². The van der Waals surface area contributed by atoms with Gasteiger partial charge in [-0.1, -0.05) is 18.2 Å². The largest absolute Gasteiger partial charge is 0.482 e. The van der Waals surface area contributed by atoms with Crippen LogP contribution in [0.5, 0.6) is 5.75 Å². The molecule has 23 heavy (non-hydrogen) atoms. The van der Waals surface area contributed by atoms with E-state index in [9.17, 15) is 4.79 Å². The Balaban J connectivity index is 1.48. The number of nitrogens with zero attached hydrogens (tertiary/aromatic N) is 2. The summed E-state index contributed by atoms with van der Waals surface area (Å²) in [5.41, 5.74) is 0. The van der Waals surface area contributed by atoms with Gasteiger partial charge in [-0.3, -0.25) is 0 Å². The zero-order valence-corrected chi connectivity index (χ0v) is 14.2. The third-order valence-corrected chi connectivity index (χ3v) is 4.32. The first-order valence-electron chi connectivity index (χ1n) is 6.62. The van der Waals surface area contributed by atoms with Crippen LogP contribution in [0.15, 0.2) is 50.7 Å². The van der Waals surface area contributed by atoms with Gasteiger partial charge in [0.1, 0.15) is 5.75 Å². The molecule has 0 spiro atoms. The molecule has 0 fully saturated rings. The lowest BCUT2D eigenvalue weighted by Gasteiger charge is -2.05. The van der Waals surface area contributed by atoms with E-state index in [0.29, 0.717) is 11.6 Å². The van der Waals surface area contributed by atoms with Gasteiger partial charge >= 0.3 is 5.97 Å². The lowest BCUT2D eigenvalue weighted by Crippen LogP contribution is -2.14. The fraction of sp³-hybridized carbons (Fsp3) is 0.133. The Kier molecular flexibility index (Phi) is 5.04. The number of ether oxygens (including phenoxy) is 2. The Morgan fingerprint density at radius 3 is 2.74 bits per heavy atom. The van der Waals surface area contributed by atoms with E-state index in [1.54, 1.807) is 12.1 Å². The summed E-state index contributed by atoms with van der Waals surface area (Å²) in [6, 6.07) is 12.8. The number of esters is 1. The molecule has 0 amide bonds. The molecule has 0 aliphatic rings. The Bertz CT molecular complexity index is 788. The van der Waals surface area contributed by atoms with Crippen LogP contribution in [0.2, 0.25) is 0 Å². The molecule has 0 unspecified atom stereocenters. The number of hydrogen-bond donors (Lipinski definition) is 0. The van der Waals surface area contributed by atoms with Crippen molar-refractivity contribution in [3.8, 4) is 16.5 Å². The second kappa shape index (κ2) is 7.38. The van der Waals surface area contributed by atoms with Crippen LogP contribution < -0.4 is 4.74 Å². The van der Waals surface area contributed by atoms with Crippen LogP contribution in [0.4, 0.5) is 0 Å². The Labute approximate surface area is 144 Å². The summed E-state index contributed by atoms with van der Waals surface area (Å²) in [5, 5.41) is 7.77. The highest BCUT2D eigenvalue weighted by atomic mass is 79.9. The van der Waals surface area contributed by atoms with Gasteiger partial charge in [-0.2, -0.15) is 0 Å². The van der Waals surface area contributed by atoms with E-state index in [-0.39, 0.29) is 19.1 Å². The molecule has 8 heteroatoms. The summed E-state index contributed by atoms with van der Waals surface area (Å²) in [5.74, 6) is 0.727. The fourth-order valence-corrected chi connectivity index (χ4v) is 2.99. The number of thiophene rings is 1. The summed E-state index contributed by atoms with van der Waals surface area (Å²) < 4.78 is 16.7. The monoisotopic (exact) mass is 394 g/mol. The summed E-state index contributed by atoms with van der Waals surface area (Å²) >= 11 is 4.84. The van der Waals surface area contributed by atoms with Crippen molar-refractivity contribution in [3.05, 3.63) is 52.1 Å². The molecule has 0 aliphatic heterocycles. The standard InChI is InChI=1S/C15H11BrN2O4S/c16-12-7-6-11(23-12)15-18-17-13(22-15)8-21-14(19)9-20-10-4-2-1-3-5-10/h1-7H,8-9H2. The van der Waals surface area contributed by atoms with Crippen molar-refractivity contribution in [3.63, 3.8) is 0 Å². The molecule has 0 saturated heterocycles. The van der Waals surface area contributed by atoms with Gasteiger partial charge in [0.15, 0.2) is 13.2 Å². The van der Waals surface area contributed by atoms with Crippen LogP contribution in [-0.2, 0) is 16.1 Å². The van der Waals surface area contributed by atoms with E-state index in [0.717, 1.165) is 8.66 Å². The molecule has 0 bridgehead atoms. The van der Waals surface area contributed by atoms with E-state index in [4.69, 9.17) is 13.9 Å². The molecule has 0 saturated carbocycles. The molecule has 1 aromatic carbocycles. The van der Waals surface area contributed by atoms with Crippen LogP contribution in [0.3, 0.4) is 0 Å². The maximum absolute atomic E-state index is 11.6. The Morgan fingerprint density at radius 2 is 2.00 bits per heavy atom. The molecule has 0 N–H and O–H groups in total. The third kappa shape index (κ3) is 4.40. The van der Waals surface area contributed by atoms with Crippen molar-refractivity contribution in [2.24, 2.45) is 0 Å². The predicted octanol–water partition coefficient (Wildman–Crippen LogP) is 3.68. The minimum absolute atomic E-state index is 0.0868. The van der Waals surface area contributed by atoms with E-state index < -0.39 is 5.97 Å². The number of para-hydroxylation sites is 1. The number of aromatic nitrogens is 2. The van der Waals surface area contributed by atoms with Crippen LogP contribution in [-0.4, -0.2) is 22.8 Å². The van der Waals surface area contributed by atoms with Crippen molar-refractivity contribution in [1.29, 1.82) is 0 Å². The normalized spacial score (nSPS) is 10.5. The number of carbonyl (C=O) groups excluding carboxylic acids is 1. The van der Waals surface area contributed by atoms with E-state index in [2.05, 4.69) is 26.1 Å². The lowest BCUT2D eigenvalue weighted by molar-refractivity contribution is -0.148. The highest BCUT2D eigenvalue weighted by Gasteiger charge is 2.12. The minimum Gasteiger partial charge on any atom is -0.482 e. The second-order valence-corrected chi connectivity index (χ2v) is 6.83. The van der Waals surface area contributed by atoms with Crippen LogP contribution >= 0.6 is 27.3 Å². The smallest absolute Gasteiger partial charge is 0.344 e.